The monoisotopic (exact) mass is 320 g/mol. The number of aromatic amines is 1. The first-order valence-electron chi connectivity index (χ1n) is 7.92. The number of aromatic nitrogens is 3. The molecule has 2 aromatic heterocycles. The van der Waals surface area contributed by atoms with Gasteiger partial charge in [0.1, 0.15) is 5.82 Å². The molecule has 6 heteroatoms. The van der Waals surface area contributed by atoms with Gasteiger partial charge in [-0.1, -0.05) is 0 Å². The Morgan fingerprint density at radius 3 is 3.14 bits per heavy atom. The molecule has 3 rings (SSSR count). The van der Waals surface area contributed by atoms with Crippen LogP contribution < -0.4 is 0 Å². The van der Waals surface area contributed by atoms with Crippen molar-refractivity contribution in [1.29, 1.82) is 0 Å². The van der Waals surface area contributed by atoms with Crippen molar-refractivity contribution in [3.05, 3.63) is 33.5 Å². The molecule has 2 aromatic rings. The number of nitrogens with one attached hydrogen (secondary N) is 1. The average Bonchev–Trinajstić information content (AvgIpc) is 3.15. The summed E-state index contributed by atoms with van der Waals surface area (Å²) in [5.74, 6) is 2.35. The van der Waals surface area contributed by atoms with Crippen molar-refractivity contribution in [3.8, 4) is 0 Å². The van der Waals surface area contributed by atoms with E-state index in [1.807, 2.05) is 11.3 Å². The van der Waals surface area contributed by atoms with E-state index in [2.05, 4.69) is 39.1 Å². The fourth-order valence-corrected chi connectivity index (χ4v) is 3.94. The first-order chi connectivity index (χ1) is 10.7. The molecule has 1 aliphatic rings. The third kappa shape index (κ3) is 3.94. The van der Waals surface area contributed by atoms with E-state index in [1.165, 1.54) is 29.1 Å². The molecule has 22 heavy (non-hydrogen) atoms. The maximum atomic E-state index is 5.09. The molecular weight excluding hydrogens is 296 g/mol. The summed E-state index contributed by atoms with van der Waals surface area (Å²) in [5.41, 5.74) is 0. The number of ether oxygens (including phenoxy) is 1. The first kappa shape index (κ1) is 15.6. The van der Waals surface area contributed by atoms with Crippen LogP contribution in [0.3, 0.4) is 0 Å². The zero-order valence-electron chi connectivity index (χ0n) is 13.3. The van der Waals surface area contributed by atoms with Gasteiger partial charge in [0, 0.05) is 42.3 Å². The van der Waals surface area contributed by atoms with Crippen LogP contribution in [0.15, 0.2) is 12.1 Å². The van der Waals surface area contributed by atoms with Gasteiger partial charge in [-0.2, -0.15) is 5.10 Å². The van der Waals surface area contributed by atoms with Crippen LogP contribution in [-0.4, -0.2) is 46.9 Å². The molecule has 0 bridgehead atoms. The lowest BCUT2D eigenvalue weighted by atomic mass is 9.97. The molecule has 1 N–H and O–H groups in total. The topological polar surface area (TPSA) is 54.0 Å². The molecule has 0 amide bonds. The predicted molar refractivity (Wildman–Crippen MR) is 88.3 cm³/mol. The molecule has 0 radical (unpaired) electrons. The highest BCUT2D eigenvalue weighted by Crippen LogP contribution is 2.26. The Balaban J connectivity index is 1.59. The van der Waals surface area contributed by atoms with Crippen molar-refractivity contribution in [2.24, 2.45) is 0 Å². The minimum absolute atomic E-state index is 0.447. The second-order valence-corrected chi connectivity index (χ2v) is 7.34. The van der Waals surface area contributed by atoms with Crippen molar-refractivity contribution in [2.75, 3.05) is 26.8 Å². The van der Waals surface area contributed by atoms with Gasteiger partial charge in [-0.05, 0) is 38.4 Å². The van der Waals surface area contributed by atoms with Crippen LogP contribution in [0.1, 0.15) is 40.2 Å². The zero-order chi connectivity index (χ0) is 15.4. The van der Waals surface area contributed by atoms with Crippen LogP contribution in [0.5, 0.6) is 0 Å². The molecular formula is C16H24N4OS. The van der Waals surface area contributed by atoms with E-state index in [-0.39, 0.29) is 0 Å². The highest BCUT2D eigenvalue weighted by Gasteiger charge is 2.24. The normalized spacial score (nSPS) is 19.6. The minimum Gasteiger partial charge on any atom is -0.384 e. The Hall–Kier alpha value is -1.24. The summed E-state index contributed by atoms with van der Waals surface area (Å²) in [6.07, 6.45) is 3.20. The van der Waals surface area contributed by atoms with Crippen molar-refractivity contribution >= 4 is 11.3 Å². The molecule has 1 atom stereocenters. The van der Waals surface area contributed by atoms with Crippen LogP contribution >= 0.6 is 11.3 Å². The van der Waals surface area contributed by atoms with Crippen LogP contribution in [0.25, 0.3) is 0 Å². The van der Waals surface area contributed by atoms with Crippen LogP contribution in [0.4, 0.5) is 0 Å². The largest absolute Gasteiger partial charge is 0.384 e. The maximum Gasteiger partial charge on any atom is 0.155 e. The number of hydrogen-bond acceptors (Lipinski definition) is 5. The summed E-state index contributed by atoms with van der Waals surface area (Å²) >= 11 is 1.90. The van der Waals surface area contributed by atoms with Crippen LogP contribution in [0.2, 0.25) is 0 Å². The quantitative estimate of drug-likeness (QED) is 0.889. The summed E-state index contributed by atoms with van der Waals surface area (Å²) in [6.45, 7) is 6.13. The molecule has 0 aromatic carbocycles. The van der Waals surface area contributed by atoms with Crippen LogP contribution in [-0.2, 0) is 17.7 Å². The molecule has 1 aliphatic heterocycles. The fourth-order valence-electron chi connectivity index (χ4n) is 3.00. The Morgan fingerprint density at radius 2 is 2.36 bits per heavy atom. The van der Waals surface area contributed by atoms with E-state index in [4.69, 9.17) is 4.74 Å². The van der Waals surface area contributed by atoms with Gasteiger partial charge in [-0.15, -0.1) is 11.3 Å². The summed E-state index contributed by atoms with van der Waals surface area (Å²) in [6, 6.07) is 4.46. The Kier molecular flexibility index (Phi) is 5.23. The van der Waals surface area contributed by atoms with Gasteiger partial charge >= 0.3 is 0 Å². The van der Waals surface area contributed by atoms with Gasteiger partial charge in [-0.25, -0.2) is 4.98 Å². The molecule has 0 saturated carbocycles. The SMILES string of the molecule is COCCc1nc(C2CCCN(Cc3ccc(C)s3)C2)n[nH]1. The number of nitrogens with zero attached hydrogens (tertiary/aromatic N) is 3. The predicted octanol–water partition coefficient (Wildman–Crippen LogP) is 2.74. The van der Waals surface area contributed by atoms with Crippen LogP contribution in [0, 0.1) is 6.92 Å². The third-order valence-corrected chi connectivity index (χ3v) is 5.12. The highest BCUT2D eigenvalue weighted by atomic mass is 32.1. The lowest BCUT2D eigenvalue weighted by Gasteiger charge is -2.30. The van der Waals surface area contributed by atoms with Crippen molar-refractivity contribution in [3.63, 3.8) is 0 Å². The summed E-state index contributed by atoms with van der Waals surface area (Å²) in [5, 5.41) is 7.47. The lowest BCUT2D eigenvalue weighted by Crippen LogP contribution is -2.34. The van der Waals surface area contributed by atoms with Gasteiger partial charge in [-0.3, -0.25) is 10.00 Å². The van der Waals surface area contributed by atoms with E-state index in [0.29, 0.717) is 12.5 Å². The first-order valence-corrected chi connectivity index (χ1v) is 8.74. The zero-order valence-corrected chi connectivity index (χ0v) is 14.2. The second kappa shape index (κ2) is 7.35. The number of methoxy groups -OCH3 is 1. The molecule has 0 aliphatic carbocycles. The van der Waals surface area contributed by atoms with Gasteiger partial charge in [0.05, 0.1) is 6.61 Å². The molecule has 1 saturated heterocycles. The number of hydrogen-bond donors (Lipinski definition) is 1. The van der Waals surface area contributed by atoms with E-state index in [9.17, 15) is 0 Å². The van der Waals surface area contributed by atoms with E-state index in [1.54, 1.807) is 7.11 Å². The number of thiophene rings is 1. The lowest BCUT2D eigenvalue weighted by molar-refractivity contribution is 0.197. The van der Waals surface area contributed by atoms with Crippen molar-refractivity contribution in [1.82, 2.24) is 20.1 Å². The maximum absolute atomic E-state index is 5.09. The highest BCUT2D eigenvalue weighted by molar-refractivity contribution is 7.11. The van der Waals surface area contributed by atoms with Gasteiger partial charge in [0.25, 0.3) is 0 Å². The molecule has 1 unspecified atom stereocenters. The number of rotatable bonds is 6. The average molecular weight is 320 g/mol. The molecule has 3 heterocycles. The van der Waals surface area contributed by atoms with Gasteiger partial charge in [0.2, 0.25) is 0 Å². The standard InChI is InChI=1S/C16H24N4OS/c1-12-5-6-14(22-12)11-20-8-3-4-13(10-20)16-17-15(18-19-16)7-9-21-2/h5-6,13H,3-4,7-11H2,1-2H3,(H,17,18,19). The molecule has 5 nitrogen and oxygen atoms in total. The molecule has 0 spiro atoms. The van der Waals surface area contributed by atoms with Crippen molar-refractivity contribution in [2.45, 2.75) is 38.6 Å². The molecule has 120 valence electrons. The van der Waals surface area contributed by atoms with Gasteiger partial charge < -0.3 is 4.74 Å². The summed E-state index contributed by atoms with van der Waals surface area (Å²) in [4.78, 5) is 10.0. The van der Waals surface area contributed by atoms with Gasteiger partial charge in [0.15, 0.2) is 5.82 Å². The van der Waals surface area contributed by atoms with E-state index in [0.717, 1.165) is 31.2 Å². The number of likely N-dealkylation sites (tertiary alicyclic amines) is 1. The smallest absolute Gasteiger partial charge is 0.155 e. The Morgan fingerprint density at radius 1 is 1.45 bits per heavy atom. The Bertz CT molecular complexity index is 594. The Labute approximate surface area is 135 Å². The molecule has 1 fully saturated rings. The summed E-state index contributed by atoms with van der Waals surface area (Å²) in [7, 11) is 1.71. The number of piperidine rings is 1. The number of aryl methyl sites for hydroxylation is 1. The fraction of sp³-hybridized carbons (Fsp3) is 0.625. The van der Waals surface area contributed by atoms with E-state index >= 15 is 0 Å². The van der Waals surface area contributed by atoms with Crippen molar-refractivity contribution < 1.29 is 4.74 Å². The van der Waals surface area contributed by atoms with E-state index < -0.39 is 0 Å². The second-order valence-electron chi connectivity index (χ2n) is 5.97. The summed E-state index contributed by atoms with van der Waals surface area (Å²) < 4.78 is 5.09. The third-order valence-electron chi connectivity index (χ3n) is 4.14. The minimum atomic E-state index is 0.447. The number of H-pyrrole nitrogens is 1.